The fourth-order valence-electron chi connectivity index (χ4n) is 5.02. The minimum atomic E-state index is -2.48. The van der Waals surface area contributed by atoms with Gasteiger partial charge in [0.15, 0.2) is 0 Å². The van der Waals surface area contributed by atoms with Crippen molar-refractivity contribution in [2.45, 2.75) is 69.9 Å². The third-order valence-corrected chi connectivity index (χ3v) is 13.4. The van der Waals surface area contributed by atoms with Crippen molar-refractivity contribution in [3.8, 4) is 11.5 Å². The summed E-state index contributed by atoms with van der Waals surface area (Å²) in [7, 11) is -4.18. The van der Waals surface area contributed by atoms with Crippen LogP contribution in [0.25, 0.3) is 0 Å². The van der Waals surface area contributed by atoms with Gasteiger partial charge in [-0.3, -0.25) is 4.98 Å². The highest BCUT2D eigenvalue weighted by atomic mass is 35.5. The highest BCUT2D eigenvalue weighted by molar-refractivity contribution is 6.90. The molecule has 0 amide bonds. The van der Waals surface area contributed by atoms with Crippen molar-refractivity contribution in [3.05, 3.63) is 94.8 Å². The molecule has 2 heterocycles. The molecule has 0 radical (unpaired) electrons. The second kappa shape index (κ2) is 9.71. The van der Waals surface area contributed by atoms with Gasteiger partial charge < -0.3 is 4.43 Å². The number of halogens is 1. The van der Waals surface area contributed by atoms with E-state index in [1.54, 1.807) is 0 Å². The van der Waals surface area contributed by atoms with Crippen molar-refractivity contribution in [1.82, 2.24) is 4.98 Å². The van der Waals surface area contributed by atoms with Crippen LogP contribution < -0.4 is 5.19 Å². The number of hydrogen-bond acceptors (Lipinski definition) is 2. The molecule has 0 saturated heterocycles. The zero-order chi connectivity index (χ0) is 25.3. The van der Waals surface area contributed by atoms with E-state index in [1.807, 2.05) is 30.5 Å². The fourth-order valence-corrected chi connectivity index (χ4v) is 10.6. The van der Waals surface area contributed by atoms with Crippen molar-refractivity contribution < 1.29 is 4.43 Å². The van der Waals surface area contributed by atoms with Gasteiger partial charge in [0, 0.05) is 23.3 Å². The maximum absolute atomic E-state index is 7.71. The van der Waals surface area contributed by atoms with Crippen LogP contribution in [0, 0.1) is 11.5 Å². The van der Waals surface area contributed by atoms with Crippen molar-refractivity contribution in [2.24, 2.45) is 0 Å². The van der Waals surface area contributed by atoms with Gasteiger partial charge in [0.2, 0.25) is 8.32 Å². The third-order valence-electron chi connectivity index (χ3n) is 6.86. The van der Waals surface area contributed by atoms with Gasteiger partial charge >= 0.3 is 0 Å². The van der Waals surface area contributed by atoms with Crippen LogP contribution in [0.4, 0.5) is 0 Å². The van der Waals surface area contributed by atoms with Gasteiger partial charge in [-0.15, -0.1) is 5.54 Å². The predicted octanol–water partition coefficient (Wildman–Crippen LogP) is 7.28. The average molecular weight is 518 g/mol. The molecule has 0 spiro atoms. The average Bonchev–Trinajstić information content (AvgIpc) is 3.18. The van der Waals surface area contributed by atoms with Gasteiger partial charge in [-0.1, -0.05) is 100 Å². The van der Waals surface area contributed by atoms with E-state index in [0.717, 1.165) is 23.7 Å². The molecule has 0 N–H and O–H groups in total. The lowest BCUT2D eigenvalue weighted by atomic mass is 9.89. The quantitative estimate of drug-likeness (QED) is 0.262. The maximum atomic E-state index is 7.71. The Kier molecular flexibility index (Phi) is 7.19. The molecule has 3 aromatic rings. The van der Waals surface area contributed by atoms with Crippen molar-refractivity contribution in [2.75, 3.05) is 0 Å². The van der Waals surface area contributed by atoms with Gasteiger partial charge in [0.05, 0.1) is 0 Å². The molecule has 0 fully saturated rings. The predicted molar refractivity (Wildman–Crippen MR) is 153 cm³/mol. The topological polar surface area (TPSA) is 22.1 Å². The van der Waals surface area contributed by atoms with Crippen molar-refractivity contribution in [3.63, 3.8) is 0 Å². The number of pyridine rings is 1. The minimum absolute atomic E-state index is 0.0117. The lowest BCUT2D eigenvalue weighted by Gasteiger charge is -2.46. The Hall–Kier alpha value is -2.17. The van der Waals surface area contributed by atoms with Crippen molar-refractivity contribution in [1.29, 1.82) is 0 Å². The van der Waals surface area contributed by atoms with Gasteiger partial charge in [-0.2, -0.15) is 0 Å². The first-order valence-corrected chi connectivity index (χ1v) is 18.4. The fraction of sp³-hybridized carbons (Fsp3) is 0.367. The molecule has 35 heavy (non-hydrogen) atoms. The molecule has 4 rings (SSSR count). The zero-order valence-corrected chi connectivity index (χ0v) is 24.5. The lowest BCUT2D eigenvalue weighted by molar-refractivity contribution is 0.111. The summed E-state index contributed by atoms with van der Waals surface area (Å²) in [5, 5.41) is 2.12. The Labute approximate surface area is 218 Å². The Morgan fingerprint density at radius 2 is 1.66 bits per heavy atom. The van der Waals surface area contributed by atoms with E-state index < -0.39 is 22.0 Å². The number of fused-ring (bicyclic) bond motifs is 1. The first-order valence-electron chi connectivity index (χ1n) is 12.4. The molecule has 2 nitrogen and oxygen atoms in total. The largest absolute Gasteiger partial charge is 0.392 e. The van der Waals surface area contributed by atoms with E-state index in [1.165, 1.54) is 10.8 Å². The van der Waals surface area contributed by atoms with Crippen LogP contribution in [-0.4, -0.2) is 21.4 Å². The Morgan fingerprint density at radius 1 is 0.971 bits per heavy atom. The first kappa shape index (κ1) is 25.9. The van der Waals surface area contributed by atoms with Crippen LogP contribution in [0.1, 0.15) is 37.6 Å². The SMILES string of the molecule is CC(C)(C)[Si@]1(O[C@@](C#C[Si](C)(C)C)(Cc2ccccn2)c2ccc(Cl)cc2)CCc2ccccc21. The van der Waals surface area contributed by atoms with Gasteiger partial charge in [0.25, 0.3) is 0 Å². The first-order chi connectivity index (χ1) is 16.4. The lowest BCUT2D eigenvalue weighted by Crippen LogP contribution is -2.60. The molecule has 1 aliphatic heterocycles. The van der Waals surface area contributed by atoms with E-state index in [0.29, 0.717) is 11.4 Å². The molecule has 0 aliphatic carbocycles. The molecule has 182 valence electrons. The summed E-state index contributed by atoms with van der Waals surface area (Å²) in [5.41, 5.74) is 6.34. The second-order valence-corrected chi connectivity index (χ2v) is 21.3. The highest BCUT2D eigenvalue weighted by Crippen LogP contribution is 2.48. The Morgan fingerprint density at radius 3 is 2.29 bits per heavy atom. The monoisotopic (exact) mass is 517 g/mol. The number of hydrogen-bond donors (Lipinski definition) is 0. The van der Waals surface area contributed by atoms with E-state index >= 15 is 0 Å². The summed E-state index contributed by atoms with van der Waals surface area (Å²) in [6.45, 7) is 13.9. The molecule has 2 aromatic carbocycles. The number of benzene rings is 2. The molecule has 0 saturated carbocycles. The molecule has 2 atom stereocenters. The summed E-state index contributed by atoms with van der Waals surface area (Å²) in [6, 6.07) is 24.1. The summed E-state index contributed by atoms with van der Waals surface area (Å²) in [5.74, 6) is 3.75. The van der Waals surface area contributed by atoms with E-state index in [-0.39, 0.29) is 5.04 Å². The van der Waals surface area contributed by atoms with E-state index in [2.05, 4.69) is 94.3 Å². The zero-order valence-electron chi connectivity index (χ0n) is 21.8. The highest BCUT2D eigenvalue weighted by Gasteiger charge is 2.56. The van der Waals surface area contributed by atoms with Crippen LogP contribution in [0.2, 0.25) is 35.7 Å². The second-order valence-electron chi connectivity index (χ2n) is 11.7. The summed E-state index contributed by atoms with van der Waals surface area (Å²) in [6.07, 6.45) is 3.51. The number of aryl methyl sites for hydroxylation is 1. The molecule has 1 aliphatic rings. The standard InChI is InChI=1S/C30H36ClNOSi2/c1-29(2,3)35(21-18-24-11-7-8-13-28(24)35)33-30(19-22-34(4,5)6,23-27-12-9-10-20-32-27)25-14-16-26(31)17-15-25/h7-17,20H,18,21,23H2,1-6H3/t30-,35-/m0/s1. The number of aromatic nitrogens is 1. The molecule has 1 aromatic heterocycles. The summed E-state index contributed by atoms with van der Waals surface area (Å²) < 4.78 is 7.71. The van der Waals surface area contributed by atoms with Crippen LogP contribution >= 0.6 is 11.6 Å². The van der Waals surface area contributed by atoms with Crippen LogP contribution in [-0.2, 0) is 22.9 Å². The smallest absolute Gasteiger partial charge is 0.232 e. The van der Waals surface area contributed by atoms with Gasteiger partial charge in [0.1, 0.15) is 13.7 Å². The minimum Gasteiger partial charge on any atom is -0.392 e. The van der Waals surface area contributed by atoms with Gasteiger partial charge in [-0.05, 0) is 58.1 Å². The van der Waals surface area contributed by atoms with Crippen LogP contribution in [0.5, 0.6) is 0 Å². The normalized spacial score (nSPS) is 19.4. The molecule has 0 bridgehead atoms. The Balaban J connectivity index is 1.98. The molecule has 0 unspecified atom stereocenters. The summed E-state index contributed by atoms with van der Waals surface area (Å²) in [4.78, 5) is 4.71. The molecular formula is C30H36ClNOSi2. The summed E-state index contributed by atoms with van der Waals surface area (Å²) >= 11 is 6.34. The molecule has 5 heteroatoms. The van der Waals surface area contributed by atoms with E-state index in [9.17, 15) is 0 Å². The van der Waals surface area contributed by atoms with Crippen LogP contribution in [0.3, 0.4) is 0 Å². The van der Waals surface area contributed by atoms with Gasteiger partial charge in [-0.25, -0.2) is 0 Å². The Bertz CT molecular complexity index is 1240. The van der Waals surface area contributed by atoms with Crippen LogP contribution in [0.15, 0.2) is 72.9 Å². The van der Waals surface area contributed by atoms with Crippen molar-refractivity contribution >= 4 is 33.2 Å². The maximum Gasteiger partial charge on any atom is 0.232 e. The number of nitrogens with zero attached hydrogens (tertiary/aromatic N) is 1. The van der Waals surface area contributed by atoms with E-state index in [4.69, 9.17) is 21.0 Å². The number of rotatable bonds is 5. The molecular weight excluding hydrogens is 482 g/mol. The third kappa shape index (κ3) is 5.49.